The van der Waals surface area contributed by atoms with Crippen molar-refractivity contribution in [3.63, 3.8) is 0 Å². The van der Waals surface area contributed by atoms with Crippen LogP contribution in [0.15, 0.2) is 29.3 Å². The van der Waals surface area contributed by atoms with E-state index < -0.39 is 0 Å². The van der Waals surface area contributed by atoms with Crippen molar-refractivity contribution in [2.24, 2.45) is 4.99 Å². The van der Waals surface area contributed by atoms with E-state index in [1.54, 1.807) is 0 Å². The van der Waals surface area contributed by atoms with Crippen molar-refractivity contribution >= 4 is 29.9 Å². The topological polar surface area (TPSA) is 39.7 Å². The summed E-state index contributed by atoms with van der Waals surface area (Å²) in [5.74, 6) is 0.961. The summed E-state index contributed by atoms with van der Waals surface area (Å²) in [7, 11) is 1.88. The standard InChI is InChI=1S/C21H34N4.HI/c1-16(2)25-13-9-18(10-14-25)24-20(22-4)23-15-21(11-12-21)19-8-6-5-7-17(19)3;/h5-8,16,18H,9-15H2,1-4H3,(H2,22,23,24);1H. The molecule has 0 atom stereocenters. The van der Waals surface area contributed by atoms with E-state index in [1.807, 2.05) is 7.05 Å². The van der Waals surface area contributed by atoms with Gasteiger partial charge in [-0.25, -0.2) is 0 Å². The molecule has 1 aliphatic carbocycles. The van der Waals surface area contributed by atoms with Crippen LogP contribution in [-0.2, 0) is 5.41 Å². The molecule has 0 aromatic heterocycles. The Hall–Kier alpha value is -0.820. The molecule has 1 aromatic carbocycles. The van der Waals surface area contributed by atoms with Crippen molar-refractivity contribution in [2.45, 2.75) is 64.0 Å². The highest BCUT2D eigenvalue weighted by Gasteiger charge is 2.45. The molecule has 5 heteroatoms. The SMILES string of the molecule is CN=C(NCC1(c2ccccc2C)CC1)NC1CCN(C(C)C)CC1.I. The Morgan fingerprint density at radius 2 is 1.88 bits per heavy atom. The van der Waals surface area contributed by atoms with Crippen molar-refractivity contribution in [1.82, 2.24) is 15.5 Å². The molecule has 0 unspecified atom stereocenters. The number of hydrogen-bond acceptors (Lipinski definition) is 2. The van der Waals surface area contributed by atoms with Gasteiger partial charge in [0, 0.05) is 44.2 Å². The maximum atomic E-state index is 4.46. The number of hydrogen-bond donors (Lipinski definition) is 2. The van der Waals surface area contributed by atoms with Crippen LogP contribution in [0.3, 0.4) is 0 Å². The fourth-order valence-electron chi connectivity index (χ4n) is 4.06. The number of guanidine groups is 1. The van der Waals surface area contributed by atoms with Gasteiger partial charge >= 0.3 is 0 Å². The molecule has 0 amide bonds. The fourth-order valence-corrected chi connectivity index (χ4v) is 4.06. The van der Waals surface area contributed by atoms with E-state index in [0.717, 1.165) is 12.5 Å². The Morgan fingerprint density at radius 3 is 2.42 bits per heavy atom. The van der Waals surface area contributed by atoms with Crippen molar-refractivity contribution in [2.75, 3.05) is 26.7 Å². The second-order valence-electron chi connectivity index (χ2n) is 8.07. The molecule has 0 radical (unpaired) electrons. The number of halogens is 1. The lowest BCUT2D eigenvalue weighted by Crippen LogP contribution is -2.50. The minimum Gasteiger partial charge on any atom is -0.356 e. The molecule has 2 fully saturated rings. The van der Waals surface area contributed by atoms with Crippen molar-refractivity contribution in [1.29, 1.82) is 0 Å². The van der Waals surface area contributed by atoms with Crippen LogP contribution in [0.1, 0.15) is 50.7 Å². The second kappa shape index (κ2) is 9.40. The molecule has 1 aliphatic heterocycles. The van der Waals surface area contributed by atoms with E-state index in [-0.39, 0.29) is 24.0 Å². The molecule has 1 saturated heterocycles. The molecule has 1 saturated carbocycles. The van der Waals surface area contributed by atoms with Crippen molar-refractivity contribution < 1.29 is 0 Å². The largest absolute Gasteiger partial charge is 0.356 e. The van der Waals surface area contributed by atoms with Crippen molar-refractivity contribution in [3.8, 4) is 0 Å². The van der Waals surface area contributed by atoms with Crippen LogP contribution in [-0.4, -0.2) is 49.6 Å². The van der Waals surface area contributed by atoms with Gasteiger partial charge in [0.2, 0.25) is 0 Å². The highest BCUT2D eigenvalue weighted by Crippen LogP contribution is 2.48. The molecule has 26 heavy (non-hydrogen) atoms. The summed E-state index contributed by atoms with van der Waals surface area (Å²) in [6.07, 6.45) is 4.94. The smallest absolute Gasteiger partial charge is 0.191 e. The van der Waals surface area contributed by atoms with Gasteiger partial charge in [-0.1, -0.05) is 24.3 Å². The first-order chi connectivity index (χ1) is 12.0. The maximum Gasteiger partial charge on any atom is 0.191 e. The van der Waals surface area contributed by atoms with Gasteiger partial charge in [0.05, 0.1) is 0 Å². The minimum atomic E-state index is 0. The Kier molecular flexibility index (Phi) is 7.76. The average molecular weight is 470 g/mol. The summed E-state index contributed by atoms with van der Waals surface area (Å²) in [5, 5.41) is 7.25. The third-order valence-corrected chi connectivity index (χ3v) is 5.99. The van der Waals surface area contributed by atoms with Crippen LogP contribution in [0.25, 0.3) is 0 Å². The zero-order valence-electron chi connectivity index (χ0n) is 16.7. The lowest BCUT2D eigenvalue weighted by atomic mass is 9.92. The van der Waals surface area contributed by atoms with Crippen LogP contribution < -0.4 is 10.6 Å². The highest BCUT2D eigenvalue weighted by molar-refractivity contribution is 14.0. The third-order valence-electron chi connectivity index (χ3n) is 5.99. The zero-order valence-corrected chi connectivity index (χ0v) is 19.0. The number of piperidine rings is 1. The number of nitrogens with zero attached hydrogens (tertiary/aromatic N) is 2. The Balaban J connectivity index is 0.00000243. The highest BCUT2D eigenvalue weighted by atomic mass is 127. The molecular formula is C21H35IN4. The molecule has 0 bridgehead atoms. The normalized spacial score (nSPS) is 20.6. The summed E-state index contributed by atoms with van der Waals surface area (Å²) in [4.78, 5) is 7.03. The monoisotopic (exact) mass is 470 g/mol. The Morgan fingerprint density at radius 1 is 1.23 bits per heavy atom. The van der Waals surface area contributed by atoms with Gasteiger partial charge in [-0.2, -0.15) is 0 Å². The molecule has 2 N–H and O–H groups in total. The third kappa shape index (κ3) is 5.12. The Bertz CT molecular complexity index is 602. The Labute approximate surface area is 176 Å². The van der Waals surface area contributed by atoms with Gasteiger partial charge in [0.25, 0.3) is 0 Å². The summed E-state index contributed by atoms with van der Waals surface area (Å²) >= 11 is 0. The number of aliphatic imine (C=N–C) groups is 1. The molecule has 3 rings (SSSR count). The second-order valence-corrected chi connectivity index (χ2v) is 8.07. The predicted octanol–water partition coefficient (Wildman–Crippen LogP) is 3.68. The lowest BCUT2D eigenvalue weighted by molar-refractivity contribution is 0.167. The fraction of sp³-hybridized carbons (Fsp3) is 0.667. The van der Waals surface area contributed by atoms with Gasteiger partial charge in [-0.15, -0.1) is 24.0 Å². The summed E-state index contributed by atoms with van der Waals surface area (Å²) < 4.78 is 0. The van der Waals surface area contributed by atoms with E-state index in [2.05, 4.69) is 65.6 Å². The molecule has 1 aromatic rings. The summed E-state index contributed by atoms with van der Waals surface area (Å²) in [5.41, 5.74) is 3.22. The molecule has 2 aliphatic rings. The van der Waals surface area contributed by atoms with Gasteiger partial charge in [0.1, 0.15) is 0 Å². The first-order valence-electron chi connectivity index (χ1n) is 9.81. The van der Waals surface area contributed by atoms with Gasteiger partial charge in [0.15, 0.2) is 5.96 Å². The lowest BCUT2D eigenvalue weighted by Gasteiger charge is -2.35. The number of likely N-dealkylation sites (tertiary alicyclic amines) is 1. The van der Waals surface area contributed by atoms with E-state index in [0.29, 0.717) is 17.5 Å². The summed E-state index contributed by atoms with van der Waals surface area (Å²) in [6.45, 7) is 10.1. The molecule has 1 heterocycles. The first-order valence-corrected chi connectivity index (χ1v) is 9.81. The molecule has 146 valence electrons. The quantitative estimate of drug-likeness (QED) is 0.392. The average Bonchev–Trinajstić information content (AvgIpc) is 3.40. The van der Waals surface area contributed by atoms with Crippen molar-refractivity contribution in [3.05, 3.63) is 35.4 Å². The van der Waals surface area contributed by atoms with Crippen LogP contribution in [0.4, 0.5) is 0 Å². The summed E-state index contributed by atoms with van der Waals surface area (Å²) in [6, 6.07) is 10.0. The zero-order chi connectivity index (χ0) is 17.9. The maximum absolute atomic E-state index is 4.46. The first kappa shape index (κ1) is 21.5. The van der Waals surface area contributed by atoms with Crippen LogP contribution in [0.2, 0.25) is 0 Å². The molecule has 4 nitrogen and oxygen atoms in total. The number of rotatable bonds is 5. The minimum absolute atomic E-state index is 0. The van der Waals surface area contributed by atoms with E-state index in [1.165, 1.54) is 49.9 Å². The van der Waals surface area contributed by atoms with E-state index in [9.17, 15) is 0 Å². The predicted molar refractivity (Wildman–Crippen MR) is 122 cm³/mol. The van der Waals surface area contributed by atoms with Gasteiger partial charge < -0.3 is 15.5 Å². The van der Waals surface area contributed by atoms with Crippen LogP contribution >= 0.6 is 24.0 Å². The van der Waals surface area contributed by atoms with Gasteiger partial charge in [-0.3, -0.25) is 4.99 Å². The van der Waals surface area contributed by atoms with Crippen LogP contribution in [0, 0.1) is 6.92 Å². The van der Waals surface area contributed by atoms with E-state index >= 15 is 0 Å². The van der Waals surface area contributed by atoms with Gasteiger partial charge in [-0.05, 0) is 57.6 Å². The number of nitrogens with one attached hydrogen (secondary N) is 2. The molecule has 0 spiro atoms. The van der Waals surface area contributed by atoms with E-state index in [4.69, 9.17) is 0 Å². The van der Waals surface area contributed by atoms with Crippen LogP contribution in [0.5, 0.6) is 0 Å². The molecular weight excluding hydrogens is 435 g/mol. The number of aryl methyl sites for hydroxylation is 1. The number of benzene rings is 1.